The average Bonchev–Trinajstić information content (AvgIpc) is 2.73. The second-order valence-corrected chi connectivity index (χ2v) is 5.95. The van der Waals surface area contributed by atoms with Crippen LogP contribution in [-0.2, 0) is 6.54 Å². The first-order valence-corrected chi connectivity index (χ1v) is 6.77. The van der Waals surface area contributed by atoms with Gasteiger partial charge in [0, 0.05) is 42.8 Å². The number of piperazine rings is 1. The molecule has 1 aliphatic rings. The SMILES string of the molecule is CC1CN(Cc2cnc(NN)s2)CC(C)N1C. The molecule has 0 spiro atoms. The molecule has 0 amide bonds. The summed E-state index contributed by atoms with van der Waals surface area (Å²) < 4.78 is 0. The van der Waals surface area contributed by atoms with Crippen LogP contribution < -0.4 is 11.3 Å². The molecule has 5 nitrogen and oxygen atoms in total. The second-order valence-electron chi connectivity index (χ2n) is 4.83. The van der Waals surface area contributed by atoms with Gasteiger partial charge in [-0.25, -0.2) is 10.8 Å². The fourth-order valence-electron chi connectivity index (χ4n) is 2.31. The van der Waals surface area contributed by atoms with E-state index in [-0.39, 0.29) is 0 Å². The fourth-order valence-corrected chi connectivity index (χ4v) is 3.08. The summed E-state index contributed by atoms with van der Waals surface area (Å²) in [4.78, 5) is 10.4. The Morgan fingerprint density at radius 3 is 2.65 bits per heavy atom. The number of nitrogens with zero attached hydrogens (tertiary/aromatic N) is 3. The van der Waals surface area contributed by atoms with Crippen molar-refractivity contribution in [1.29, 1.82) is 0 Å². The van der Waals surface area contributed by atoms with Crippen LogP contribution >= 0.6 is 11.3 Å². The Bertz CT molecular complexity index is 354. The summed E-state index contributed by atoms with van der Waals surface area (Å²) in [7, 11) is 2.20. The molecule has 0 radical (unpaired) electrons. The molecule has 1 saturated heterocycles. The van der Waals surface area contributed by atoms with E-state index in [9.17, 15) is 0 Å². The predicted octanol–water partition coefficient (Wildman–Crippen LogP) is 0.953. The Morgan fingerprint density at radius 1 is 1.47 bits per heavy atom. The summed E-state index contributed by atoms with van der Waals surface area (Å²) in [5.74, 6) is 5.34. The van der Waals surface area contributed by atoms with Crippen molar-refractivity contribution in [3.05, 3.63) is 11.1 Å². The Balaban J connectivity index is 1.95. The number of thiazole rings is 1. The average molecular weight is 255 g/mol. The highest BCUT2D eigenvalue weighted by Crippen LogP contribution is 2.21. The van der Waals surface area contributed by atoms with E-state index in [1.807, 2.05) is 6.20 Å². The second kappa shape index (κ2) is 5.30. The lowest BCUT2D eigenvalue weighted by Crippen LogP contribution is -2.54. The van der Waals surface area contributed by atoms with Gasteiger partial charge >= 0.3 is 0 Å². The molecule has 2 unspecified atom stereocenters. The van der Waals surface area contributed by atoms with Crippen LogP contribution in [0.1, 0.15) is 18.7 Å². The number of nitrogen functional groups attached to an aromatic ring is 1. The molecular formula is C11H21N5S. The van der Waals surface area contributed by atoms with Crippen LogP contribution in [0.25, 0.3) is 0 Å². The van der Waals surface area contributed by atoms with Crippen LogP contribution in [0.4, 0.5) is 5.13 Å². The largest absolute Gasteiger partial charge is 0.300 e. The van der Waals surface area contributed by atoms with E-state index < -0.39 is 0 Å². The minimum absolute atomic E-state index is 0.610. The van der Waals surface area contributed by atoms with Crippen LogP contribution in [0.15, 0.2) is 6.20 Å². The maximum atomic E-state index is 5.34. The van der Waals surface area contributed by atoms with Crippen molar-refractivity contribution in [2.45, 2.75) is 32.5 Å². The lowest BCUT2D eigenvalue weighted by molar-refractivity contribution is 0.0562. The van der Waals surface area contributed by atoms with Crippen LogP contribution in [0, 0.1) is 0 Å². The molecule has 2 heterocycles. The fraction of sp³-hybridized carbons (Fsp3) is 0.727. The lowest BCUT2D eigenvalue weighted by atomic mass is 10.1. The zero-order chi connectivity index (χ0) is 12.4. The van der Waals surface area contributed by atoms with E-state index in [2.05, 4.69) is 41.1 Å². The molecule has 0 bridgehead atoms. The maximum Gasteiger partial charge on any atom is 0.197 e. The summed E-state index contributed by atoms with van der Waals surface area (Å²) >= 11 is 1.63. The first kappa shape index (κ1) is 12.8. The molecule has 1 aromatic heterocycles. The van der Waals surface area contributed by atoms with Gasteiger partial charge in [-0.3, -0.25) is 15.2 Å². The quantitative estimate of drug-likeness (QED) is 0.622. The van der Waals surface area contributed by atoms with Crippen molar-refractivity contribution >= 4 is 16.5 Å². The summed E-state index contributed by atoms with van der Waals surface area (Å²) in [5, 5.41) is 0.787. The van der Waals surface area contributed by atoms with E-state index in [1.54, 1.807) is 11.3 Å². The van der Waals surface area contributed by atoms with Crippen LogP contribution in [0.2, 0.25) is 0 Å². The number of likely N-dealkylation sites (N-methyl/N-ethyl adjacent to an activating group) is 1. The molecule has 96 valence electrons. The van der Waals surface area contributed by atoms with Crippen molar-refractivity contribution in [1.82, 2.24) is 14.8 Å². The minimum atomic E-state index is 0.610. The van der Waals surface area contributed by atoms with Crippen LogP contribution in [0.3, 0.4) is 0 Å². The molecule has 1 fully saturated rings. The molecule has 0 aromatic carbocycles. The van der Waals surface area contributed by atoms with Crippen molar-refractivity contribution < 1.29 is 0 Å². The molecule has 1 aliphatic heterocycles. The third-order valence-electron chi connectivity index (χ3n) is 3.49. The smallest absolute Gasteiger partial charge is 0.197 e. The van der Waals surface area contributed by atoms with E-state index in [0.717, 1.165) is 24.8 Å². The van der Waals surface area contributed by atoms with Crippen molar-refractivity contribution in [3.8, 4) is 0 Å². The summed E-state index contributed by atoms with van der Waals surface area (Å²) in [6.07, 6.45) is 1.91. The summed E-state index contributed by atoms with van der Waals surface area (Å²) in [6, 6.07) is 1.22. The van der Waals surface area contributed by atoms with Crippen LogP contribution in [0.5, 0.6) is 0 Å². The Labute approximate surface area is 107 Å². The monoisotopic (exact) mass is 255 g/mol. The highest BCUT2D eigenvalue weighted by Gasteiger charge is 2.26. The number of anilines is 1. The van der Waals surface area contributed by atoms with Gasteiger partial charge in [-0.05, 0) is 20.9 Å². The molecule has 2 atom stereocenters. The number of nitrogens with one attached hydrogen (secondary N) is 1. The molecule has 3 N–H and O–H groups in total. The number of aromatic nitrogens is 1. The van der Waals surface area contributed by atoms with Gasteiger partial charge in [-0.2, -0.15) is 0 Å². The van der Waals surface area contributed by atoms with Gasteiger partial charge in [0.25, 0.3) is 0 Å². The van der Waals surface area contributed by atoms with Crippen molar-refractivity contribution in [2.24, 2.45) is 5.84 Å². The van der Waals surface area contributed by atoms with Crippen molar-refractivity contribution in [3.63, 3.8) is 0 Å². The molecule has 17 heavy (non-hydrogen) atoms. The molecule has 2 rings (SSSR count). The van der Waals surface area contributed by atoms with Crippen molar-refractivity contribution in [2.75, 3.05) is 25.6 Å². The van der Waals surface area contributed by atoms with Gasteiger partial charge in [0.15, 0.2) is 5.13 Å². The van der Waals surface area contributed by atoms with E-state index in [4.69, 9.17) is 5.84 Å². The molecule has 0 saturated carbocycles. The number of nitrogens with two attached hydrogens (primary N) is 1. The summed E-state index contributed by atoms with van der Waals surface area (Å²) in [6.45, 7) is 7.76. The standard InChI is InChI=1S/C11H21N5S/c1-8-5-16(6-9(2)15(8)3)7-10-4-13-11(14-12)17-10/h4,8-9H,5-7,12H2,1-3H3,(H,13,14). The summed E-state index contributed by atoms with van der Waals surface area (Å²) in [5.41, 5.74) is 2.59. The topological polar surface area (TPSA) is 57.4 Å². The zero-order valence-electron chi connectivity index (χ0n) is 10.7. The Morgan fingerprint density at radius 2 is 2.12 bits per heavy atom. The molecule has 0 aliphatic carbocycles. The normalized spacial score (nSPS) is 27.3. The van der Waals surface area contributed by atoms with Gasteiger partial charge in [0.05, 0.1) is 0 Å². The first-order chi connectivity index (χ1) is 8.10. The van der Waals surface area contributed by atoms with E-state index in [0.29, 0.717) is 12.1 Å². The minimum Gasteiger partial charge on any atom is -0.300 e. The van der Waals surface area contributed by atoms with Crippen LogP contribution in [-0.4, -0.2) is 47.0 Å². The zero-order valence-corrected chi connectivity index (χ0v) is 11.5. The molecule has 1 aromatic rings. The van der Waals surface area contributed by atoms with Gasteiger partial charge in [0.1, 0.15) is 0 Å². The van der Waals surface area contributed by atoms with Gasteiger partial charge in [0.2, 0.25) is 0 Å². The Kier molecular flexibility index (Phi) is 3.98. The molecule has 6 heteroatoms. The maximum absolute atomic E-state index is 5.34. The van der Waals surface area contributed by atoms with Gasteiger partial charge in [-0.15, -0.1) is 0 Å². The predicted molar refractivity (Wildman–Crippen MR) is 71.9 cm³/mol. The van der Waals surface area contributed by atoms with Gasteiger partial charge < -0.3 is 0 Å². The van der Waals surface area contributed by atoms with Gasteiger partial charge in [-0.1, -0.05) is 11.3 Å². The number of hydrazine groups is 1. The lowest BCUT2D eigenvalue weighted by Gasteiger charge is -2.42. The number of rotatable bonds is 3. The van der Waals surface area contributed by atoms with E-state index in [1.165, 1.54) is 4.88 Å². The molecular weight excluding hydrogens is 234 g/mol. The third kappa shape index (κ3) is 2.95. The first-order valence-electron chi connectivity index (χ1n) is 5.95. The number of hydrogen-bond donors (Lipinski definition) is 2. The Hall–Kier alpha value is -0.690. The highest BCUT2D eigenvalue weighted by atomic mass is 32.1. The van der Waals surface area contributed by atoms with E-state index >= 15 is 0 Å². The third-order valence-corrected chi connectivity index (χ3v) is 4.41. The highest BCUT2D eigenvalue weighted by molar-refractivity contribution is 7.15. The number of hydrogen-bond acceptors (Lipinski definition) is 6.